The van der Waals surface area contributed by atoms with Crippen molar-refractivity contribution in [3.05, 3.63) is 83.0 Å². The lowest BCUT2D eigenvalue weighted by atomic mass is 10.2. The van der Waals surface area contributed by atoms with Crippen molar-refractivity contribution in [1.82, 2.24) is 0 Å². The molecule has 22 heavy (non-hydrogen) atoms. The Morgan fingerprint density at radius 3 is 2.64 bits per heavy atom. The van der Waals surface area contributed by atoms with Gasteiger partial charge in [-0.1, -0.05) is 68.1 Å². The summed E-state index contributed by atoms with van der Waals surface area (Å²) in [5, 5.41) is 6.70. The Bertz CT molecular complexity index is 608. The van der Waals surface area contributed by atoms with Crippen LogP contribution in [0.3, 0.4) is 0 Å². The fraction of sp³-hybridized carbons (Fsp3) is 0.167. The van der Waals surface area contributed by atoms with Gasteiger partial charge in [0.05, 0.1) is 6.21 Å². The Labute approximate surface area is 131 Å². The lowest BCUT2D eigenvalue weighted by Crippen LogP contribution is -1.89. The second kappa shape index (κ2) is 10.0. The Morgan fingerprint density at radius 2 is 1.95 bits per heavy atom. The predicted octanol–water partition coefficient (Wildman–Crippen LogP) is 5.42. The smallest absolute Gasteiger partial charge is 0.157 e. The summed E-state index contributed by atoms with van der Waals surface area (Å²) in [5.74, 6) is 0.493. The van der Waals surface area contributed by atoms with Gasteiger partial charge in [-0.25, -0.2) is 0 Å². The average molecular weight is 296 g/mol. The van der Waals surface area contributed by atoms with Gasteiger partial charge in [0.1, 0.15) is 5.69 Å². The molecule has 2 rings (SSSR count). The SMILES string of the molecule is C=C(O/N=C/c1ccc(N=O)cc1)C1=CCC=CC=C1.CC. The first-order valence-electron chi connectivity index (χ1n) is 7.16. The van der Waals surface area contributed by atoms with Gasteiger partial charge in [-0.05, 0) is 29.3 Å². The van der Waals surface area contributed by atoms with E-state index in [0.29, 0.717) is 11.4 Å². The quantitative estimate of drug-likeness (QED) is 0.315. The minimum absolute atomic E-state index is 0.383. The maximum Gasteiger partial charge on any atom is 0.157 e. The molecule has 0 atom stereocenters. The molecule has 0 saturated heterocycles. The van der Waals surface area contributed by atoms with Gasteiger partial charge >= 0.3 is 0 Å². The minimum atomic E-state index is 0.383. The number of hydrogen-bond acceptors (Lipinski definition) is 4. The largest absolute Gasteiger partial charge is 0.357 e. The second-order valence-electron chi connectivity index (χ2n) is 4.11. The van der Waals surface area contributed by atoms with Crippen LogP contribution < -0.4 is 0 Å². The lowest BCUT2D eigenvalue weighted by molar-refractivity contribution is 0.241. The standard InChI is InChI=1S/C16H14N2O2.C2H6/c1-13(15-6-4-2-3-5-7-15)20-17-12-14-8-10-16(18-19)11-9-14;1-2/h2-4,6-12H,1,5H2;1-2H3/b17-12+;. The highest BCUT2D eigenvalue weighted by Crippen LogP contribution is 2.15. The molecular formula is C18H20N2O2. The van der Waals surface area contributed by atoms with E-state index in [1.807, 2.05) is 44.2 Å². The van der Waals surface area contributed by atoms with Crippen LogP contribution in [0.15, 0.2) is 82.9 Å². The average Bonchev–Trinajstić information content (AvgIpc) is 2.86. The zero-order valence-corrected chi connectivity index (χ0v) is 12.9. The molecule has 0 bridgehead atoms. The number of nitrogens with zero attached hydrogens (tertiary/aromatic N) is 2. The molecule has 1 aliphatic carbocycles. The summed E-state index contributed by atoms with van der Waals surface area (Å²) in [4.78, 5) is 15.5. The molecule has 0 aliphatic heterocycles. The van der Waals surface area contributed by atoms with Crippen molar-refractivity contribution < 1.29 is 4.84 Å². The Hall–Kier alpha value is -2.75. The van der Waals surface area contributed by atoms with E-state index in [1.54, 1.807) is 30.5 Å². The third-order valence-electron chi connectivity index (χ3n) is 2.68. The zero-order chi connectivity index (χ0) is 16.2. The zero-order valence-electron chi connectivity index (χ0n) is 12.9. The van der Waals surface area contributed by atoms with Crippen molar-refractivity contribution in [1.29, 1.82) is 0 Å². The van der Waals surface area contributed by atoms with E-state index in [2.05, 4.69) is 16.9 Å². The molecule has 1 aliphatic rings. The van der Waals surface area contributed by atoms with E-state index < -0.39 is 0 Å². The van der Waals surface area contributed by atoms with Crippen molar-refractivity contribution in [3.8, 4) is 0 Å². The predicted molar refractivity (Wildman–Crippen MR) is 92.0 cm³/mol. The number of rotatable bonds is 5. The minimum Gasteiger partial charge on any atom is -0.357 e. The molecular weight excluding hydrogens is 276 g/mol. The third-order valence-corrected chi connectivity index (χ3v) is 2.68. The Balaban J connectivity index is 0.00000116. The van der Waals surface area contributed by atoms with Gasteiger partial charge in [-0.15, -0.1) is 4.91 Å². The van der Waals surface area contributed by atoms with E-state index in [-0.39, 0.29) is 0 Å². The molecule has 0 unspecified atom stereocenters. The van der Waals surface area contributed by atoms with Crippen LogP contribution in [0.25, 0.3) is 0 Å². The highest BCUT2D eigenvalue weighted by atomic mass is 16.6. The van der Waals surface area contributed by atoms with E-state index in [4.69, 9.17) is 4.84 Å². The van der Waals surface area contributed by atoms with Gasteiger partial charge in [0, 0.05) is 5.57 Å². The van der Waals surface area contributed by atoms with Gasteiger partial charge < -0.3 is 4.84 Å². The van der Waals surface area contributed by atoms with Crippen LogP contribution in [0.5, 0.6) is 0 Å². The number of nitroso groups, excluding NO2 is 1. The number of hydrogen-bond donors (Lipinski definition) is 0. The highest BCUT2D eigenvalue weighted by Gasteiger charge is 2.00. The molecule has 0 amide bonds. The summed E-state index contributed by atoms with van der Waals surface area (Å²) in [7, 11) is 0. The Kier molecular flexibility index (Phi) is 7.90. The summed E-state index contributed by atoms with van der Waals surface area (Å²) in [5.41, 5.74) is 2.11. The van der Waals surface area contributed by atoms with Gasteiger partial charge in [-0.2, -0.15) is 0 Å². The molecule has 0 N–H and O–H groups in total. The normalized spacial score (nSPS) is 12.9. The summed E-state index contributed by atoms with van der Waals surface area (Å²) in [6.07, 6.45) is 12.3. The Morgan fingerprint density at radius 1 is 1.23 bits per heavy atom. The van der Waals surface area contributed by atoms with Crippen molar-refractivity contribution in [3.63, 3.8) is 0 Å². The summed E-state index contributed by atoms with van der Waals surface area (Å²) in [6, 6.07) is 6.71. The monoisotopic (exact) mass is 296 g/mol. The third kappa shape index (κ3) is 5.71. The van der Waals surface area contributed by atoms with Crippen molar-refractivity contribution in [2.75, 3.05) is 0 Å². The molecule has 0 radical (unpaired) electrons. The number of allylic oxidation sites excluding steroid dienone is 5. The molecule has 114 valence electrons. The fourth-order valence-electron chi connectivity index (χ4n) is 1.61. The highest BCUT2D eigenvalue weighted by molar-refractivity contribution is 5.79. The van der Waals surface area contributed by atoms with Crippen LogP contribution in [0, 0.1) is 4.91 Å². The molecule has 0 fully saturated rings. The van der Waals surface area contributed by atoms with Gasteiger partial charge in [0.2, 0.25) is 0 Å². The summed E-state index contributed by atoms with van der Waals surface area (Å²) in [6.45, 7) is 7.84. The van der Waals surface area contributed by atoms with Crippen LogP contribution in [-0.4, -0.2) is 6.21 Å². The fourth-order valence-corrected chi connectivity index (χ4v) is 1.61. The molecule has 0 spiro atoms. The molecule has 4 heteroatoms. The van der Waals surface area contributed by atoms with Crippen LogP contribution in [-0.2, 0) is 4.84 Å². The van der Waals surface area contributed by atoms with Crippen LogP contribution >= 0.6 is 0 Å². The first-order chi connectivity index (χ1) is 10.8. The van der Waals surface area contributed by atoms with E-state index in [9.17, 15) is 4.91 Å². The maximum atomic E-state index is 10.3. The molecule has 1 aromatic carbocycles. The first-order valence-corrected chi connectivity index (χ1v) is 7.16. The van der Waals surface area contributed by atoms with Gasteiger partial charge in [0.15, 0.2) is 5.76 Å². The van der Waals surface area contributed by atoms with E-state index in [1.165, 1.54) is 0 Å². The summed E-state index contributed by atoms with van der Waals surface area (Å²) >= 11 is 0. The van der Waals surface area contributed by atoms with Crippen LogP contribution in [0.1, 0.15) is 25.8 Å². The molecule has 0 aromatic heterocycles. The van der Waals surface area contributed by atoms with Gasteiger partial charge in [-0.3, -0.25) is 0 Å². The van der Waals surface area contributed by atoms with Crippen molar-refractivity contribution >= 4 is 11.9 Å². The van der Waals surface area contributed by atoms with Crippen LogP contribution in [0.2, 0.25) is 0 Å². The second-order valence-corrected chi connectivity index (χ2v) is 4.11. The molecule has 0 heterocycles. The molecule has 0 saturated carbocycles. The summed E-state index contributed by atoms with van der Waals surface area (Å²) < 4.78 is 0. The number of oxime groups is 1. The maximum absolute atomic E-state index is 10.3. The van der Waals surface area contributed by atoms with Gasteiger partial charge in [0.25, 0.3) is 0 Å². The molecule has 4 nitrogen and oxygen atoms in total. The van der Waals surface area contributed by atoms with Crippen molar-refractivity contribution in [2.24, 2.45) is 10.3 Å². The number of benzene rings is 1. The lowest BCUT2D eigenvalue weighted by Gasteiger charge is -2.03. The van der Waals surface area contributed by atoms with Crippen LogP contribution in [0.4, 0.5) is 5.69 Å². The first kappa shape index (κ1) is 17.3. The topological polar surface area (TPSA) is 51.0 Å². The van der Waals surface area contributed by atoms with E-state index >= 15 is 0 Å². The van der Waals surface area contributed by atoms with E-state index in [0.717, 1.165) is 17.6 Å². The van der Waals surface area contributed by atoms with Crippen molar-refractivity contribution in [2.45, 2.75) is 20.3 Å². The molecule has 1 aromatic rings.